The van der Waals surface area contributed by atoms with Crippen molar-refractivity contribution in [2.24, 2.45) is 5.73 Å². The highest BCUT2D eigenvalue weighted by Gasteiger charge is 2.38. The fourth-order valence-electron chi connectivity index (χ4n) is 2.52. The fourth-order valence-corrected chi connectivity index (χ4v) is 2.85. The molecule has 0 unspecified atom stereocenters. The largest absolute Gasteiger partial charge is 0.486 e. The first-order chi connectivity index (χ1) is 8.12. The van der Waals surface area contributed by atoms with Gasteiger partial charge in [-0.2, -0.15) is 0 Å². The summed E-state index contributed by atoms with van der Waals surface area (Å²) in [5.41, 5.74) is 8.03. The lowest BCUT2D eigenvalue weighted by Crippen LogP contribution is -2.43. The number of halogens is 1. The van der Waals surface area contributed by atoms with E-state index in [1.54, 1.807) is 0 Å². The molecule has 0 spiro atoms. The third kappa shape index (κ3) is 1.60. The van der Waals surface area contributed by atoms with Crippen molar-refractivity contribution in [3.05, 3.63) is 22.2 Å². The first kappa shape index (κ1) is 11.2. The summed E-state index contributed by atoms with van der Waals surface area (Å²) in [5.74, 6) is 1.55. The van der Waals surface area contributed by atoms with Crippen LogP contribution in [0.3, 0.4) is 0 Å². The van der Waals surface area contributed by atoms with E-state index in [-0.39, 0.29) is 5.54 Å². The van der Waals surface area contributed by atoms with Gasteiger partial charge in [0.2, 0.25) is 0 Å². The van der Waals surface area contributed by atoms with Gasteiger partial charge in [0.05, 0.1) is 5.02 Å². The van der Waals surface area contributed by atoms with Crippen molar-refractivity contribution in [3.63, 3.8) is 0 Å². The Morgan fingerprint density at radius 1 is 1.29 bits per heavy atom. The van der Waals surface area contributed by atoms with Crippen LogP contribution in [0.1, 0.15) is 30.4 Å². The molecule has 2 N–H and O–H groups in total. The van der Waals surface area contributed by atoms with Crippen molar-refractivity contribution < 1.29 is 9.47 Å². The Labute approximate surface area is 106 Å². The molecule has 3 rings (SSSR count). The summed E-state index contributed by atoms with van der Waals surface area (Å²) >= 11 is 6.41. The van der Waals surface area contributed by atoms with E-state index in [2.05, 4.69) is 0 Å². The van der Waals surface area contributed by atoms with Crippen molar-refractivity contribution in [1.29, 1.82) is 0 Å². The quantitative estimate of drug-likeness (QED) is 0.837. The lowest BCUT2D eigenvalue weighted by molar-refractivity contribution is 0.169. The van der Waals surface area contributed by atoms with Gasteiger partial charge in [0.25, 0.3) is 0 Å². The van der Waals surface area contributed by atoms with Gasteiger partial charge in [0.1, 0.15) is 13.2 Å². The zero-order valence-corrected chi connectivity index (χ0v) is 10.6. The highest BCUT2D eigenvalue weighted by molar-refractivity contribution is 6.32. The topological polar surface area (TPSA) is 44.5 Å². The summed E-state index contributed by atoms with van der Waals surface area (Å²) in [5, 5.41) is 0.733. The maximum atomic E-state index is 6.41. The second kappa shape index (κ2) is 3.79. The molecule has 3 nitrogen and oxygen atoms in total. The Balaban J connectivity index is 2.13. The van der Waals surface area contributed by atoms with Gasteiger partial charge in [-0.05, 0) is 37.8 Å². The van der Waals surface area contributed by atoms with Gasteiger partial charge in [0, 0.05) is 11.1 Å². The number of rotatable bonds is 1. The molecule has 1 fully saturated rings. The average Bonchev–Trinajstić information content (AvgIpc) is 2.31. The number of ether oxygens (including phenoxy) is 2. The molecule has 1 aromatic carbocycles. The minimum Gasteiger partial charge on any atom is -0.486 e. The van der Waals surface area contributed by atoms with Crippen molar-refractivity contribution in [2.75, 3.05) is 13.2 Å². The highest BCUT2D eigenvalue weighted by Crippen LogP contribution is 2.48. The van der Waals surface area contributed by atoms with Crippen LogP contribution in [0.15, 0.2) is 6.07 Å². The normalized spacial score (nSPS) is 20.9. The predicted octanol–water partition coefficient (Wildman–Crippen LogP) is 2.76. The van der Waals surface area contributed by atoms with E-state index in [1.165, 1.54) is 6.42 Å². The van der Waals surface area contributed by atoms with Crippen molar-refractivity contribution in [3.8, 4) is 11.5 Å². The van der Waals surface area contributed by atoms with Gasteiger partial charge >= 0.3 is 0 Å². The maximum Gasteiger partial charge on any atom is 0.165 e. The summed E-state index contributed by atoms with van der Waals surface area (Å²) in [6.45, 7) is 3.13. The van der Waals surface area contributed by atoms with E-state index in [1.807, 2.05) is 13.0 Å². The Morgan fingerprint density at radius 2 is 2.00 bits per heavy atom. The summed E-state index contributed by atoms with van der Waals surface area (Å²) in [4.78, 5) is 0. The van der Waals surface area contributed by atoms with Gasteiger partial charge in [-0.1, -0.05) is 11.6 Å². The van der Waals surface area contributed by atoms with Crippen LogP contribution >= 0.6 is 11.6 Å². The molecule has 92 valence electrons. The summed E-state index contributed by atoms with van der Waals surface area (Å²) in [7, 11) is 0. The first-order valence-electron chi connectivity index (χ1n) is 6.00. The molecule has 1 aliphatic heterocycles. The smallest absolute Gasteiger partial charge is 0.165 e. The summed E-state index contributed by atoms with van der Waals surface area (Å²) in [6.07, 6.45) is 3.15. The maximum absolute atomic E-state index is 6.41. The Hall–Kier alpha value is -0.930. The second-order valence-corrected chi connectivity index (χ2v) is 5.27. The third-order valence-corrected chi connectivity index (χ3v) is 4.26. The van der Waals surface area contributed by atoms with Crippen LogP contribution in [-0.4, -0.2) is 13.2 Å². The molecule has 1 heterocycles. The number of nitrogens with two attached hydrogens (primary N) is 1. The molecule has 0 amide bonds. The SMILES string of the molecule is Cc1c(Cl)c(C2(N)CCC2)cc2c1OCCO2. The fraction of sp³-hybridized carbons (Fsp3) is 0.538. The molecule has 1 aromatic rings. The first-order valence-corrected chi connectivity index (χ1v) is 6.38. The standard InChI is InChI=1S/C13H16ClNO2/c1-8-11(14)9(13(15)3-2-4-13)7-10-12(8)17-6-5-16-10/h7H,2-6,15H2,1H3. The van der Waals surface area contributed by atoms with Gasteiger partial charge in [-0.25, -0.2) is 0 Å². The summed E-state index contributed by atoms with van der Waals surface area (Å²) < 4.78 is 11.2. The molecule has 1 saturated carbocycles. The van der Waals surface area contributed by atoms with Crippen LogP contribution in [-0.2, 0) is 5.54 Å². The molecule has 1 aliphatic carbocycles. The molecular weight excluding hydrogens is 238 g/mol. The van der Waals surface area contributed by atoms with E-state index < -0.39 is 0 Å². The van der Waals surface area contributed by atoms with Gasteiger partial charge in [0.15, 0.2) is 11.5 Å². The van der Waals surface area contributed by atoms with E-state index in [4.69, 9.17) is 26.8 Å². The molecule has 0 bridgehead atoms. The third-order valence-electron chi connectivity index (χ3n) is 3.78. The van der Waals surface area contributed by atoms with E-state index in [0.29, 0.717) is 13.2 Å². The Kier molecular flexibility index (Phi) is 2.49. The van der Waals surface area contributed by atoms with Crippen LogP contribution in [0.5, 0.6) is 11.5 Å². The number of fused-ring (bicyclic) bond motifs is 1. The number of hydrogen-bond donors (Lipinski definition) is 1. The van der Waals surface area contributed by atoms with Crippen LogP contribution in [0.4, 0.5) is 0 Å². The molecule has 0 aromatic heterocycles. The summed E-state index contributed by atoms with van der Waals surface area (Å²) in [6, 6.07) is 1.96. The lowest BCUT2D eigenvalue weighted by atomic mass is 9.72. The minimum absolute atomic E-state index is 0.266. The average molecular weight is 254 g/mol. The van der Waals surface area contributed by atoms with Crippen molar-refractivity contribution >= 4 is 11.6 Å². The highest BCUT2D eigenvalue weighted by atomic mass is 35.5. The van der Waals surface area contributed by atoms with E-state index in [9.17, 15) is 0 Å². The van der Waals surface area contributed by atoms with Crippen LogP contribution in [0.25, 0.3) is 0 Å². The number of benzene rings is 1. The van der Waals surface area contributed by atoms with Crippen molar-refractivity contribution in [1.82, 2.24) is 0 Å². The Morgan fingerprint density at radius 3 is 2.65 bits per heavy atom. The molecule has 2 aliphatic rings. The second-order valence-electron chi connectivity index (χ2n) is 4.90. The molecule has 0 atom stereocenters. The lowest BCUT2D eigenvalue weighted by Gasteiger charge is -2.40. The van der Waals surface area contributed by atoms with Gasteiger partial charge in [-0.15, -0.1) is 0 Å². The molecule has 17 heavy (non-hydrogen) atoms. The van der Waals surface area contributed by atoms with Gasteiger partial charge < -0.3 is 15.2 Å². The van der Waals surface area contributed by atoms with Crippen LogP contribution in [0.2, 0.25) is 5.02 Å². The molecule has 0 radical (unpaired) electrons. The zero-order chi connectivity index (χ0) is 12.0. The van der Waals surface area contributed by atoms with E-state index in [0.717, 1.165) is 40.5 Å². The van der Waals surface area contributed by atoms with Crippen LogP contribution < -0.4 is 15.2 Å². The zero-order valence-electron chi connectivity index (χ0n) is 9.88. The van der Waals surface area contributed by atoms with Crippen molar-refractivity contribution in [2.45, 2.75) is 31.7 Å². The monoisotopic (exact) mass is 253 g/mol. The Bertz CT molecular complexity index is 469. The van der Waals surface area contributed by atoms with E-state index >= 15 is 0 Å². The molecular formula is C13H16ClNO2. The molecule has 0 saturated heterocycles. The predicted molar refractivity (Wildman–Crippen MR) is 66.9 cm³/mol. The van der Waals surface area contributed by atoms with Gasteiger partial charge in [-0.3, -0.25) is 0 Å². The molecule has 4 heteroatoms. The minimum atomic E-state index is -0.266. The number of hydrogen-bond acceptors (Lipinski definition) is 3. The van der Waals surface area contributed by atoms with Crippen LogP contribution in [0, 0.1) is 6.92 Å².